The van der Waals surface area contributed by atoms with Gasteiger partial charge in [-0.15, -0.1) is 11.3 Å². The molecule has 144 valence electrons. The van der Waals surface area contributed by atoms with Gasteiger partial charge in [-0.25, -0.2) is 4.79 Å². The summed E-state index contributed by atoms with van der Waals surface area (Å²) >= 11 is 1.12. The molecule has 0 aliphatic carbocycles. The first-order valence-electron chi connectivity index (χ1n) is 8.03. The lowest BCUT2D eigenvalue weighted by Gasteiger charge is -2.10. The standard InChI is InChI=1S/C18H20N2O6S/c1-4-25-18(23)16-10(2)7-15(27-16)20-14(21)9-26-13-6-5-11(24-3)8-12(13)17(19)22/h5-8H,4,9H2,1-3H3,(H2,19,22)(H,20,21). The predicted molar refractivity (Wildman–Crippen MR) is 101 cm³/mol. The van der Waals surface area contributed by atoms with E-state index in [9.17, 15) is 14.4 Å². The highest BCUT2D eigenvalue weighted by atomic mass is 32.1. The molecule has 0 saturated carbocycles. The summed E-state index contributed by atoms with van der Waals surface area (Å²) in [6.07, 6.45) is 0. The number of amides is 2. The summed E-state index contributed by atoms with van der Waals surface area (Å²) in [5.74, 6) is -0.953. The number of methoxy groups -OCH3 is 1. The van der Waals surface area contributed by atoms with Crippen LogP contribution in [0.1, 0.15) is 32.5 Å². The monoisotopic (exact) mass is 392 g/mol. The van der Waals surface area contributed by atoms with E-state index < -0.39 is 17.8 Å². The number of nitrogens with two attached hydrogens (primary N) is 1. The fraction of sp³-hybridized carbons (Fsp3) is 0.278. The number of ether oxygens (including phenoxy) is 3. The Balaban J connectivity index is 2.02. The molecule has 3 N–H and O–H groups in total. The summed E-state index contributed by atoms with van der Waals surface area (Å²) in [4.78, 5) is 35.9. The Bertz CT molecular complexity index is 862. The Kier molecular flexibility index (Phi) is 6.78. The van der Waals surface area contributed by atoms with Gasteiger partial charge < -0.3 is 25.3 Å². The van der Waals surface area contributed by atoms with Crippen LogP contribution in [0.5, 0.6) is 11.5 Å². The van der Waals surface area contributed by atoms with Crippen molar-refractivity contribution in [1.29, 1.82) is 0 Å². The van der Waals surface area contributed by atoms with E-state index in [0.29, 0.717) is 21.2 Å². The number of carbonyl (C=O) groups is 3. The predicted octanol–water partition coefficient (Wildman–Crippen LogP) is 2.36. The molecule has 1 heterocycles. The molecule has 9 heteroatoms. The Morgan fingerprint density at radius 3 is 2.59 bits per heavy atom. The Labute approximate surface area is 160 Å². The number of rotatable bonds is 8. The van der Waals surface area contributed by atoms with Gasteiger partial charge in [0.25, 0.3) is 11.8 Å². The molecule has 0 fully saturated rings. The number of aryl methyl sites for hydroxylation is 1. The van der Waals surface area contributed by atoms with E-state index in [1.54, 1.807) is 26.0 Å². The summed E-state index contributed by atoms with van der Waals surface area (Å²) in [5.41, 5.74) is 6.14. The van der Waals surface area contributed by atoms with Crippen molar-refractivity contribution in [2.75, 3.05) is 25.6 Å². The molecule has 2 amide bonds. The molecular weight excluding hydrogens is 372 g/mol. The maximum Gasteiger partial charge on any atom is 0.348 e. The van der Waals surface area contributed by atoms with Crippen LogP contribution in [0.3, 0.4) is 0 Å². The van der Waals surface area contributed by atoms with E-state index in [-0.39, 0.29) is 24.5 Å². The molecule has 0 saturated heterocycles. The zero-order valence-electron chi connectivity index (χ0n) is 15.2. The van der Waals surface area contributed by atoms with Gasteiger partial charge >= 0.3 is 5.97 Å². The first-order chi connectivity index (χ1) is 12.8. The highest BCUT2D eigenvalue weighted by Gasteiger charge is 2.17. The van der Waals surface area contributed by atoms with E-state index in [0.717, 1.165) is 11.3 Å². The third kappa shape index (κ3) is 5.20. The molecule has 2 aromatic rings. The first-order valence-corrected chi connectivity index (χ1v) is 8.85. The molecule has 0 unspecified atom stereocenters. The van der Waals surface area contributed by atoms with Crippen molar-refractivity contribution in [3.63, 3.8) is 0 Å². The second-order valence-corrected chi connectivity index (χ2v) is 6.46. The van der Waals surface area contributed by atoms with Gasteiger partial charge in [-0.3, -0.25) is 9.59 Å². The zero-order chi connectivity index (χ0) is 20.0. The van der Waals surface area contributed by atoms with Crippen molar-refractivity contribution in [3.8, 4) is 11.5 Å². The van der Waals surface area contributed by atoms with Gasteiger partial charge in [-0.1, -0.05) is 0 Å². The number of primary amides is 1. The molecule has 8 nitrogen and oxygen atoms in total. The second-order valence-electron chi connectivity index (χ2n) is 5.41. The fourth-order valence-corrected chi connectivity index (χ4v) is 3.20. The smallest absolute Gasteiger partial charge is 0.348 e. The third-order valence-electron chi connectivity index (χ3n) is 3.45. The Hall–Kier alpha value is -3.07. The zero-order valence-corrected chi connectivity index (χ0v) is 16.0. The molecule has 0 spiro atoms. The average molecular weight is 392 g/mol. The van der Waals surface area contributed by atoms with Crippen LogP contribution < -0.4 is 20.5 Å². The lowest BCUT2D eigenvalue weighted by atomic mass is 10.2. The lowest BCUT2D eigenvalue weighted by Crippen LogP contribution is -2.21. The Morgan fingerprint density at radius 2 is 1.96 bits per heavy atom. The molecule has 1 aromatic heterocycles. The Morgan fingerprint density at radius 1 is 1.22 bits per heavy atom. The van der Waals surface area contributed by atoms with E-state index in [2.05, 4.69) is 5.32 Å². The van der Waals surface area contributed by atoms with Crippen LogP contribution >= 0.6 is 11.3 Å². The SMILES string of the molecule is CCOC(=O)c1sc(NC(=O)COc2ccc(OC)cc2C(N)=O)cc1C. The van der Waals surface area contributed by atoms with Crippen LogP contribution in [-0.4, -0.2) is 38.1 Å². The van der Waals surface area contributed by atoms with Gasteiger partial charge in [-0.05, 0) is 43.7 Å². The maximum absolute atomic E-state index is 12.1. The van der Waals surface area contributed by atoms with E-state index in [4.69, 9.17) is 19.9 Å². The van der Waals surface area contributed by atoms with Gasteiger partial charge in [0.2, 0.25) is 0 Å². The topological polar surface area (TPSA) is 117 Å². The van der Waals surface area contributed by atoms with Crippen LogP contribution in [-0.2, 0) is 9.53 Å². The van der Waals surface area contributed by atoms with E-state index in [1.807, 2.05) is 0 Å². The highest BCUT2D eigenvalue weighted by molar-refractivity contribution is 7.18. The minimum absolute atomic E-state index is 0.110. The maximum atomic E-state index is 12.1. The summed E-state index contributed by atoms with van der Waals surface area (Å²) in [7, 11) is 1.46. The molecule has 2 rings (SSSR count). The molecule has 0 aliphatic rings. The van der Waals surface area contributed by atoms with Crippen molar-refractivity contribution in [1.82, 2.24) is 0 Å². The van der Waals surface area contributed by atoms with Crippen LogP contribution in [0, 0.1) is 6.92 Å². The summed E-state index contributed by atoms with van der Waals surface area (Å²) in [6, 6.07) is 6.20. The normalized spacial score (nSPS) is 10.2. The number of carbonyl (C=O) groups excluding carboxylic acids is 3. The largest absolute Gasteiger partial charge is 0.497 e. The molecule has 0 bridgehead atoms. The fourth-order valence-electron chi connectivity index (χ4n) is 2.21. The average Bonchev–Trinajstić information content (AvgIpc) is 3.00. The second kappa shape index (κ2) is 9.04. The van der Waals surface area contributed by atoms with Crippen molar-refractivity contribution in [2.45, 2.75) is 13.8 Å². The number of hydrogen-bond donors (Lipinski definition) is 2. The van der Waals surface area contributed by atoms with Crippen LogP contribution in [0.15, 0.2) is 24.3 Å². The van der Waals surface area contributed by atoms with Crippen LogP contribution in [0.25, 0.3) is 0 Å². The first kappa shape index (κ1) is 20.2. The van der Waals surface area contributed by atoms with Crippen molar-refractivity contribution in [3.05, 3.63) is 40.3 Å². The number of thiophene rings is 1. The van der Waals surface area contributed by atoms with Gasteiger partial charge in [0.1, 0.15) is 16.4 Å². The molecule has 1 aromatic carbocycles. The quantitative estimate of drug-likeness (QED) is 0.666. The molecule has 0 radical (unpaired) electrons. The third-order valence-corrected chi connectivity index (χ3v) is 4.58. The lowest BCUT2D eigenvalue weighted by molar-refractivity contribution is -0.118. The molecule has 0 aliphatic heterocycles. The summed E-state index contributed by atoms with van der Waals surface area (Å²) < 4.78 is 15.4. The molecular formula is C18H20N2O6S. The molecule has 0 atom stereocenters. The number of nitrogens with one attached hydrogen (secondary N) is 1. The van der Waals surface area contributed by atoms with E-state index in [1.165, 1.54) is 19.2 Å². The van der Waals surface area contributed by atoms with Gasteiger partial charge in [0.05, 0.1) is 24.3 Å². The van der Waals surface area contributed by atoms with Crippen molar-refractivity contribution < 1.29 is 28.6 Å². The number of benzene rings is 1. The minimum Gasteiger partial charge on any atom is -0.497 e. The van der Waals surface area contributed by atoms with Gasteiger partial charge in [0.15, 0.2) is 6.61 Å². The number of esters is 1. The minimum atomic E-state index is -0.697. The van der Waals surface area contributed by atoms with Crippen molar-refractivity contribution in [2.24, 2.45) is 5.73 Å². The van der Waals surface area contributed by atoms with Gasteiger partial charge in [-0.2, -0.15) is 0 Å². The number of hydrogen-bond acceptors (Lipinski definition) is 7. The summed E-state index contributed by atoms with van der Waals surface area (Å²) in [5, 5.41) is 3.14. The van der Waals surface area contributed by atoms with Crippen molar-refractivity contribution >= 4 is 34.1 Å². The van der Waals surface area contributed by atoms with Gasteiger partial charge in [0, 0.05) is 0 Å². The summed E-state index contributed by atoms with van der Waals surface area (Å²) in [6.45, 7) is 3.42. The number of anilines is 1. The van der Waals surface area contributed by atoms with E-state index >= 15 is 0 Å². The van der Waals surface area contributed by atoms with Crippen LogP contribution in [0.2, 0.25) is 0 Å². The van der Waals surface area contributed by atoms with Crippen LogP contribution in [0.4, 0.5) is 5.00 Å². The highest BCUT2D eigenvalue weighted by Crippen LogP contribution is 2.28. The molecule has 27 heavy (non-hydrogen) atoms.